The van der Waals surface area contributed by atoms with Crippen molar-refractivity contribution in [3.05, 3.63) is 11.4 Å². The highest BCUT2D eigenvalue weighted by atomic mass is 16.3. The van der Waals surface area contributed by atoms with Crippen molar-refractivity contribution in [2.45, 2.75) is 32.3 Å². The quantitative estimate of drug-likeness (QED) is 0.720. The van der Waals surface area contributed by atoms with Gasteiger partial charge in [0.05, 0.1) is 17.5 Å². The van der Waals surface area contributed by atoms with E-state index in [1.807, 2.05) is 6.92 Å². The summed E-state index contributed by atoms with van der Waals surface area (Å²) < 4.78 is 0. The lowest BCUT2D eigenvalue weighted by Gasteiger charge is -2.17. The highest BCUT2D eigenvalue weighted by Crippen LogP contribution is 2.38. The summed E-state index contributed by atoms with van der Waals surface area (Å²) in [5.41, 5.74) is 7.53. The molecule has 3 rings (SSSR count). The Hall–Kier alpha value is -1.56. The Morgan fingerprint density at radius 1 is 1.53 bits per heavy atom. The number of nitrogens with two attached hydrogens (primary N) is 1. The van der Waals surface area contributed by atoms with E-state index in [0.29, 0.717) is 30.4 Å². The van der Waals surface area contributed by atoms with Crippen LogP contribution in [0.15, 0.2) is 0 Å². The Bertz CT molecular complexity index is 499. The first kappa shape index (κ1) is 12.5. The molecule has 1 saturated heterocycles. The van der Waals surface area contributed by atoms with Gasteiger partial charge in [-0.3, -0.25) is 9.89 Å². The van der Waals surface area contributed by atoms with Crippen LogP contribution in [0.25, 0.3) is 0 Å². The second kappa shape index (κ2) is 4.52. The van der Waals surface area contributed by atoms with Gasteiger partial charge in [0.1, 0.15) is 0 Å². The molecule has 6 heteroatoms. The van der Waals surface area contributed by atoms with Crippen molar-refractivity contribution in [3.63, 3.8) is 0 Å². The number of amides is 1. The number of nitrogens with one attached hydrogen (secondary N) is 1. The predicted molar refractivity (Wildman–Crippen MR) is 70.5 cm³/mol. The summed E-state index contributed by atoms with van der Waals surface area (Å²) >= 11 is 0. The summed E-state index contributed by atoms with van der Waals surface area (Å²) in [4.78, 5) is 14.2. The first-order valence-electron chi connectivity index (χ1n) is 6.91. The zero-order chi connectivity index (χ0) is 13.6. The molecule has 1 saturated carbocycles. The SMILES string of the molecule is CCc1[nH]nc(C(=O)N2CC3CCC(O)C3C2)c1N. The van der Waals surface area contributed by atoms with E-state index in [1.165, 1.54) is 0 Å². The Morgan fingerprint density at radius 2 is 2.32 bits per heavy atom. The Morgan fingerprint density at radius 3 is 2.95 bits per heavy atom. The van der Waals surface area contributed by atoms with Crippen molar-refractivity contribution in [1.29, 1.82) is 0 Å². The number of aliphatic hydroxyl groups excluding tert-OH is 1. The number of aryl methyl sites for hydroxylation is 1. The van der Waals surface area contributed by atoms with Crippen LogP contribution in [0.5, 0.6) is 0 Å². The van der Waals surface area contributed by atoms with Crippen LogP contribution in [0.1, 0.15) is 35.9 Å². The monoisotopic (exact) mass is 264 g/mol. The summed E-state index contributed by atoms with van der Waals surface area (Å²) in [7, 11) is 0. The molecule has 0 aromatic carbocycles. The van der Waals surface area contributed by atoms with Crippen LogP contribution < -0.4 is 5.73 Å². The molecular weight excluding hydrogens is 244 g/mol. The van der Waals surface area contributed by atoms with E-state index in [4.69, 9.17) is 5.73 Å². The zero-order valence-electron chi connectivity index (χ0n) is 11.1. The number of fused-ring (bicyclic) bond motifs is 1. The fourth-order valence-corrected chi connectivity index (χ4v) is 3.37. The molecule has 1 aliphatic heterocycles. The molecule has 0 spiro atoms. The lowest BCUT2D eigenvalue weighted by molar-refractivity contribution is 0.0747. The van der Waals surface area contributed by atoms with Gasteiger partial charge in [0.2, 0.25) is 0 Å². The minimum absolute atomic E-state index is 0.116. The molecule has 0 bridgehead atoms. The standard InChI is InChI=1S/C13H20N4O2/c1-2-9-11(14)12(16-15-9)13(19)17-5-7-3-4-10(18)8(7)6-17/h7-8,10,18H,2-6,14H2,1H3,(H,15,16). The number of carbonyl (C=O) groups is 1. The number of nitrogen functional groups attached to an aromatic ring is 1. The number of carbonyl (C=O) groups excluding carboxylic acids is 1. The highest BCUT2D eigenvalue weighted by molar-refractivity contribution is 5.97. The molecule has 2 aliphatic rings. The van der Waals surface area contributed by atoms with Crippen molar-refractivity contribution in [2.75, 3.05) is 18.8 Å². The number of hydrogen-bond donors (Lipinski definition) is 3. The molecule has 1 amide bonds. The van der Waals surface area contributed by atoms with Crippen LogP contribution in [-0.4, -0.2) is 45.3 Å². The Balaban J connectivity index is 1.76. The van der Waals surface area contributed by atoms with Crippen molar-refractivity contribution in [2.24, 2.45) is 11.8 Å². The van der Waals surface area contributed by atoms with Crippen LogP contribution in [0, 0.1) is 11.8 Å². The number of hydrogen-bond acceptors (Lipinski definition) is 4. The largest absolute Gasteiger partial charge is 0.395 e. The summed E-state index contributed by atoms with van der Waals surface area (Å²) in [6, 6.07) is 0. The first-order valence-corrected chi connectivity index (χ1v) is 6.91. The average Bonchev–Trinajstić information content (AvgIpc) is 3.05. The number of rotatable bonds is 2. The number of aromatic amines is 1. The number of anilines is 1. The summed E-state index contributed by atoms with van der Waals surface area (Å²) in [5.74, 6) is 0.551. The van der Waals surface area contributed by atoms with Gasteiger partial charge >= 0.3 is 0 Å². The minimum atomic E-state index is -0.259. The molecular formula is C13H20N4O2. The van der Waals surface area contributed by atoms with Gasteiger partial charge in [0.25, 0.3) is 5.91 Å². The Labute approximate surface area is 112 Å². The minimum Gasteiger partial charge on any atom is -0.395 e. The third-order valence-corrected chi connectivity index (χ3v) is 4.55. The van der Waals surface area contributed by atoms with Crippen LogP contribution in [0.3, 0.4) is 0 Å². The van der Waals surface area contributed by atoms with Crippen molar-refractivity contribution in [3.8, 4) is 0 Å². The second-order valence-electron chi connectivity index (χ2n) is 5.60. The third-order valence-electron chi connectivity index (χ3n) is 4.55. The predicted octanol–water partition coefficient (Wildman–Crippen LogP) is 0.397. The maximum Gasteiger partial charge on any atom is 0.276 e. The van der Waals surface area contributed by atoms with Gasteiger partial charge in [-0.1, -0.05) is 6.92 Å². The number of nitrogens with zero attached hydrogens (tertiary/aromatic N) is 2. The number of aliphatic hydroxyl groups is 1. The van der Waals surface area contributed by atoms with Gasteiger partial charge in [0.15, 0.2) is 5.69 Å². The molecule has 104 valence electrons. The molecule has 2 heterocycles. The highest BCUT2D eigenvalue weighted by Gasteiger charge is 2.44. The van der Waals surface area contributed by atoms with E-state index in [2.05, 4.69) is 10.2 Å². The molecule has 0 radical (unpaired) electrons. The number of likely N-dealkylation sites (tertiary alicyclic amines) is 1. The maximum absolute atomic E-state index is 12.4. The van der Waals surface area contributed by atoms with Crippen molar-refractivity contribution >= 4 is 11.6 Å². The molecule has 3 unspecified atom stereocenters. The van der Waals surface area contributed by atoms with Gasteiger partial charge in [-0.2, -0.15) is 5.10 Å². The van der Waals surface area contributed by atoms with Gasteiger partial charge < -0.3 is 15.7 Å². The Kier molecular flexibility index (Phi) is 2.97. The van der Waals surface area contributed by atoms with Gasteiger partial charge in [-0.05, 0) is 25.2 Å². The van der Waals surface area contributed by atoms with Crippen LogP contribution in [0.2, 0.25) is 0 Å². The van der Waals surface area contributed by atoms with Crippen LogP contribution >= 0.6 is 0 Å². The van der Waals surface area contributed by atoms with Gasteiger partial charge in [-0.15, -0.1) is 0 Å². The van der Waals surface area contributed by atoms with Crippen molar-refractivity contribution < 1.29 is 9.90 Å². The number of aromatic nitrogens is 2. The van der Waals surface area contributed by atoms with Crippen LogP contribution in [0.4, 0.5) is 5.69 Å². The van der Waals surface area contributed by atoms with E-state index < -0.39 is 0 Å². The zero-order valence-corrected chi connectivity index (χ0v) is 11.1. The summed E-state index contributed by atoms with van der Waals surface area (Å²) in [6.45, 7) is 3.31. The fraction of sp³-hybridized carbons (Fsp3) is 0.692. The van der Waals surface area contributed by atoms with Gasteiger partial charge in [-0.25, -0.2) is 0 Å². The lowest BCUT2D eigenvalue weighted by atomic mass is 10.00. The lowest BCUT2D eigenvalue weighted by Crippen LogP contribution is -2.31. The first-order chi connectivity index (χ1) is 9.11. The van der Waals surface area contributed by atoms with Crippen LogP contribution in [-0.2, 0) is 6.42 Å². The molecule has 3 atom stereocenters. The normalized spacial score (nSPS) is 29.8. The molecule has 19 heavy (non-hydrogen) atoms. The molecule has 1 aromatic heterocycles. The molecule has 1 aromatic rings. The molecule has 1 aliphatic carbocycles. The van der Waals surface area contributed by atoms with E-state index in [0.717, 1.165) is 25.0 Å². The fourth-order valence-electron chi connectivity index (χ4n) is 3.37. The van der Waals surface area contributed by atoms with E-state index in [9.17, 15) is 9.90 Å². The van der Waals surface area contributed by atoms with E-state index >= 15 is 0 Å². The van der Waals surface area contributed by atoms with Gasteiger partial charge in [0, 0.05) is 19.0 Å². The maximum atomic E-state index is 12.4. The molecule has 6 nitrogen and oxygen atoms in total. The smallest absolute Gasteiger partial charge is 0.276 e. The topological polar surface area (TPSA) is 95.2 Å². The summed E-state index contributed by atoms with van der Waals surface area (Å²) in [5, 5.41) is 16.7. The second-order valence-corrected chi connectivity index (χ2v) is 5.60. The average molecular weight is 264 g/mol. The molecule has 2 fully saturated rings. The van der Waals surface area contributed by atoms with Crippen molar-refractivity contribution in [1.82, 2.24) is 15.1 Å². The summed E-state index contributed by atoms with van der Waals surface area (Å²) in [6.07, 6.45) is 2.34. The molecule has 4 N–H and O–H groups in total. The van der Waals surface area contributed by atoms with E-state index in [1.54, 1.807) is 4.90 Å². The number of H-pyrrole nitrogens is 1. The van der Waals surface area contributed by atoms with E-state index in [-0.39, 0.29) is 17.9 Å². The third kappa shape index (κ3) is 1.90.